The van der Waals surface area contributed by atoms with Gasteiger partial charge >= 0.3 is 0 Å². The Morgan fingerprint density at radius 3 is 2.71 bits per heavy atom. The van der Waals surface area contributed by atoms with Crippen LogP contribution in [0.15, 0.2) is 42.7 Å². The Labute approximate surface area is 186 Å². The normalized spacial score (nSPS) is 16.4. The van der Waals surface area contributed by atoms with Gasteiger partial charge in [-0.25, -0.2) is 4.98 Å². The van der Waals surface area contributed by atoms with Crippen molar-refractivity contribution < 1.29 is 4.79 Å². The monoisotopic (exact) mass is 436 g/mol. The summed E-state index contributed by atoms with van der Waals surface area (Å²) in [5.74, 6) is 2.00. The van der Waals surface area contributed by atoms with E-state index in [1.807, 2.05) is 49.5 Å². The molecule has 0 saturated carbocycles. The van der Waals surface area contributed by atoms with Gasteiger partial charge in [0.15, 0.2) is 0 Å². The van der Waals surface area contributed by atoms with Crippen molar-refractivity contribution in [2.45, 2.75) is 26.3 Å². The van der Waals surface area contributed by atoms with Crippen molar-refractivity contribution in [3.8, 4) is 0 Å². The van der Waals surface area contributed by atoms with Gasteiger partial charge in [-0.15, -0.1) is 0 Å². The summed E-state index contributed by atoms with van der Waals surface area (Å²) in [4.78, 5) is 22.4. The molecule has 0 bridgehead atoms. The highest BCUT2D eigenvalue weighted by Crippen LogP contribution is 2.38. The lowest BCUT2D eigenvalue weighted by molar-refractivity contribution is -0.123. The van der Waals surface area contributed by atoms with Crippen LogP contribution < -0.4 is 15.1 Å². The lowest BCUT2D eigenvalue weighted by Crippen LogP contribution is -2.42. The lowest BCUT2D eigenvalue weighted by atomic mass is 9.94. The molecule has 1 amide bonds. The van der Waals surface area contributed by atoms with Crippen molar-refractivity contribution in [3.05, 3.63) is 58.9 Å². The quantitative estimate of drug-likeness (QED) is 0.649. The number of hydrogen-bond acceptors (Lipinski definition) is 5. The molecule has 160 valence electrons. The van der Waals surface area contributed by atoms with E-state index in [9.17, 15) is 4.79 Å². The summed E-state index contributed by atoms with van der Waals surface area (Å²) in [7, 11) is 1.89. The van der Waals surface area contributed by atoms with E-state index in [0.717, 1.165) is 60.1 Å². The Morgan fingerprint density at radius 2 is 1.97 bits per heavy atom. The molecule has 7 nitrogen and oxygen atoms in total. The molecule has 4 heterocycles. The summed E-state index contributed by atoms with van der Waals surface area (Å²) in [6, 6.07) is 9.76. The highest BCUT2D eigenvalue weighted by Gasteiger charge is 2.33. The molecule has 2 aliphatic rings. The van der Waals surface area contributed by atoms with E-state index in [0.29, 0.717) is 11.6 Å². The van der Waals surface area contributed by atoms with Crippen molar-refractivity contribution in [1.29, 1.82) is 0 Å². The second-order valence-electron chi connectivity index (χ2n) is 8.31. The number of amides is 1. The Bertz CT molecular complexity index is 1120. The molecule has 2 aromatic heterocycles. The number of nitrogens with one attached hydrogen (secondary N) is 1. The summed E-state index contributed by atoms with van der Waals surface area (Å²) in [6.45, 7) is 4.17. The maximum atomic E-state index is 13.7. The molecule has 1 fully saturated rings. The molecule has 2 aliphatic heterocycles. The summed E-state index contributed by atoms with van der Waals surface area (Å²) in [5, 5.41) is 8.41. The molecule has 1 N–H and O–H groups in total. The number of carbonyl (C=O) groups is 1. The molecule has 0 spiro atoms. The van der Waals surface area contributed by atoms with Crippen LogP contribution in [0.4, 0.5) is 23.0 Å². The number of carbonyl (C=O) groups excluding carboxylic acids is 1. The first-order valence-electron chi connectivity index (χ1n) is 10.6. The van der Waals surface area contributed by atoms with Crippen LogP contribution in [0.3, 0.4) is 0 Å². The second kappa shape index (κ2) is 7.89. The highest BCUT2D eigenvalue weighted by atomic mass is 35.5. The van der Waals surface area contributed by atoms with Gasteiger partial charge in [0, 0.05) is 42.8 Å². The fourth-order valence-corrected chi connectivity index (χ4v) is 4.58. The average molecular weight is 437 g/mol. The molecule has 3 aromatic rings. The summed E-state index contributed by atoms with van der Waals surface area (Å²) < 4.78 is 1.79. The smallest absolute Gasteiger partial charge is 0.230 e. The molecule has 1 saturated heterocycles. The van der Waals surface area contributed by atoms with Crippen molar-refractivity contribution in [2.75, 3.05) is 28.2 Å². The molecule has 0 aliphatic carbocycles. The molecule has 0 atom stereocenters. The number of piperidine rings is 1. The number of fused-ring (bicyclic) bond motifs is 2. The fraction of sp³-hybridized carbons (Fsp3) is 0.348. The number of halogens is 1. The Hall–Kier alpha value is -3.06. The van der Waals surface area contributed by atoms with Crippen LogP contribution in [-0.2, 0) is 18.4 Å². The van der Waals surface area contributed by atoms with Gasteiger partial charge in [-0.05, 0) is 49.6 Å². The SMILES string of the molecule is Cc1ccc(N2CCC(C(=O)N3Cc4cnn(C)c4Nc4cc(Cl)ccc43)CC2)nc1. The predicted molar refractivity (Wildman–Crippen MR) is 123 cm³/mol. The minimum absolute atomic E-state index is 0.0246. The molecular weight excluding hydrogens is 412 g/mol. The second-order valence-corrected chi connectivity index (χ2v) is 8.74. The number of benzene rings is 1. The number of nitrogens with zero attached hydrogens (tertiary/aromatic N) is 5. The Morgan fingerprint density at radius 1 is 1.16 bits per heavy atom. The topological polar surface area (TPSA) is 66.3 Å². The van der Waals surface area contributed by atoms with Crippen LogP contribution in [0.5, 0.6) is 0 Å². The third-order valence-electron chi connectivity index (χ3n) is 6.18. The van der Waals surface area contributed by atoms with Crippen molar-refractivity contribution in [2.24, 2.45) is 13.0 Å². The number of rotatable bonds is 2. The van der Waals surface area contributed by atoms with Crippen molar-refractivity contribution >= 4 is 40.5 Å². The lowest BCUT2D eigenvalue weighted by Gasteiger charge is -2.35. The largest absolute Gasteiger partial charge is 0.357 e. The number of aryl methyl sites for hydroxylation is 2. The van der Waals surface area contributed by atoms with E-state index in [1.54, 1.807) is 4.68 Å². The molecule has 0 radical (unpaired) electrons. The van der Waals surface area contributed by atoms with E-state index >= 15 is 0 Å². The van der Waals surface area contributed by atoms with E-state index in [4.69, 9.17) is 11.6 Å². The Kier molecular flexibility index (Phi) is 5.06. The van der Waals surface area contributed by atoms with Crippen LogP contribution in [-0.4, -0.2) is 33.8 Å². The number of hydrogen-bond donors (Lipinski definition) is 1. The zero-order valence-electron chi connectivity index (χ0n) is 17.7. The maximum absolute atomic E-state index is 13.7. The first kappa shape index (κ1) is 19.9. The first-order chi connectivity index (χ1) is 15.0. The van der Waals surface area contributed by atoms with Crippen LogP contribution in [0.1, 0.15) is 24.0 Å². The molecule has 8 heteroatoms. The molecular formula is C23H25ClN6O. The number of aromatic nitrogens is 3. The molecule has 0 unspecified atom stereocenters. The zero-order valence-corrected chi connectivity index (χ0v) is 18.4. The highest BCUT2D eigenvalue weighted by molar-refractivity contribution is 6.31. The standard InChI is InChI=1S/C23H25ClN6O/c1-15-3-6-21(25-12-15)29-9-7-16(8-10-29)23(31)30-14-17-13-26-28(2)22(17)27-19-11-18(24)4-5-20(19)30/h3-6,11-13,16,27H,7-10,14H2,1-2H3. The van der Waals surface area contributed by atoms with Gasteiger partial charge in [0.2, 0.25) is 5.91 Å². The van der Waals surface area contributed by atoms with E-state index in [1.165, 1.54) is 0 Å². The number of anilines is 4. The zero-order chi connectivity index (χ0) is 21.5. The average Bonchev–Trinajstić information content (AvgIpc) is 3.02. The van der Waals surface area contributed by atoms with E-state index in [2.05, 4.69) is 32.4 Å². The maximum Gasteiger partial charge on any atom is 0.230 e. The van der Waals surface area contributed by atoms with Gasteiger partial charge in [-0.2, -0.15) is 5.10 Å². The van der Waals surface area contributed by atoms with E-state index in [-0.39, 0.29) is 11.8 Å². The number of pyridine rings is 1. The summed E-state index contributed by atoms with van der Waals surface area (Å²) >= 11 is 6.25. The van der Waals surface area contributed by atoms with Gasteiger partial charge in [-0.3, -0.25) is 9.48 Å². The summed E-state index contributed by atoms with van der Waals surface area (Å²) in [6.07, 6.45) is 5.33. The molecule has 31 heavy (non-hydrogen) atoms. The molecule has 1 aromatic carbocycles. The summed E-state index contributed by atoms with van der Waals surface area (Å²) in [5.41, 5.74) is 3.82. The van der Waals surface area contributed by atoms with Crippen LogP contribution >= 0.6 is 11.6 Å². The fourth-order valence-electron chi connectivity index (χ4n) is 4.41. The van der Waals surface area contributed by atoms with Gasteiger partial charge in [0.05, 0.1) is 24.1 Å². The Balaban J connectivity index is 1.38. The van der Waals surface area contributed by atoms with Crippen LogP contribution in [0.2, 0.25) is 5.02 Å². The van der Waals surface area contributed by atoms with E-state index < -0.39 is 0 Å². The van der Waals surface area contributed by atoms with Gasteiger partial charge in [0.25, 0.3) is 0 Å². The van der Waals surface area contributed by atoms with Crippen molar-refractivity contribution in [1.82, 2.24) is 14.8 Å². The van der Waals surface area contributed by atoms with Crippen LogP contribution in [0.25, 0.3) is 0 Å². The van der Waals surface area contributed by atoms with Crippen LogP contribution in [0, 0.1) is 12.8 Å². The van der Waals surface area contributed by atoms with Gasteiger partial charge in [0.1, 0.15) is 11.6 Å². The molecule has 5 rings (SSSR count). The predicted octanol–water partition coefficient (Wildman–Crippen LogP) is 4.28. The first-order valence-corrected chi connectivity index (χ1v) is 10.9. The van der Waals surface area contributed by atoms with Crippen molar-refractivity contribution in [3.63, 3.8) is 0 Å². The third kappa shape index (κ3) is 3.74. The third-order valence-corrected chi connectivity index (χ3v) is 6.41. The minimum Gasteiger partial charge on any atom is -0.357 e. The minimum atomic E-state index is -0.0246. The van der Waals surface area contributed by atoms with Gasteiger partial charge < -0.3 is 15.1 Å². The van der Waals surface area contributed by atoms with Gasteiger partial charge in [-0.1, -0.05) is 17.7 Å².